The van der Waals surface area contributed by atoms with E-state index in [1.807, 2.05) is 10.3 Å². The molecule has 0 radical (unpaired) electrons. The zero-order chi connectivity index (χ0) is 14.8. The molecule has 8 heteroatoms. The molecule has 1 aliphatic rings. The summed E-state index contributed by atoms with van der Waals surface area (Å²) in [6, 6.07) is 1.79. The van der Waals surface area contributed by atoms with Gasteiger partial charge in [0, 0.05) is 19.5 Å². The van der Waals surface area contributed by atoms with Crippen LogP contribution in [0.25, 0.3) is 10.8 Å². The van der Waals surface area contributed by atoms with Gasteiger partial charge in [-0.2, -0.15) is 4.98 Å². The van der Waals surface area contributed by atoms with E-state index < -0.39 is 5.97 Å². The number of nitrogens with zero attached hydrogens (tertiary/aromatic N) is 3. The van der Waals surface area contributed by atoms with Crippen LogP contribution in [0, 0.1) is 5.92 Å². The SMILES string of the molecule is O=C(O)CC1CCN(c2noc(-c3sccc3Cl)n2)CC1. The summed E-state index contributed by atoms with van der Waals surface area (Å²) in [5.41, 5.74) is 0. The minimum absolute atomic E-state index is 0.232. The molecule has 6 nitrogen and oxygen atoms in total. The molecule has 21 heavy (non-hydrogen) atoms. The molecule has 0 atom stereocenters. The Bertz CT molecular complexity index is 634. The van der Waals surface area contributed by atoms with Gasteiger partial charge in [-0.15, -0.1) is 11.3 Å². The lowest BCUT2D eigenvalue weighted by Gasteiger charge is -2.29. The molecule has 0 saturated carbocycles. The van der Waals surface area contributed by atoms with Crippen molar-refractivity contribution in [3.8, 4) is 10.8 Å². The number of anilines is 1. The average Bonchev–Trinajstić information content (AvgIpc) is 3.07. The molecular formula is C13H14ClN3O3S. The number of carbonyl (C=O) groups is 1. The summed E-state index contributed by atoms with van der Waals surface area (Å²) in [4.78, 5) is 17.9. The number of rotatable bonds is 4. The summed E-state index contributed by atoms with van der Waals surface area (Å²) in [6.07, 6.45) is 1.89. The van der Waals surface area contributed by atoms with Gasteiger partial charge in [0.25, 0.3) is 11.8 Å². The van der Waals surface area contributed by atoms with Gasteiger partial charge in [0.1, 0.15) is 4.88 Å². The number of aliphatic carboxylic acids is 1. The number of piperidine rings is 1. The van der Waals surface area contributed by atoms with Crippen LogP contribution in [-0.2, 0) is 4.79 Å². The number of halogens is 1. The summed E-state index contributed by atoms with van der Waals surface area (Å²) in [6.45, 7) is 1.49. The molecule has 0 amide bonds. The molecule has 1 saturated heterocycles. The van der Waals surface area contributed by atoms with Crippen LogP contribution in [0.15, 0.2) is 16.0 Å². The first kappa shape index (κ1) is 14.3. The van der Waals surface area contributed by atoms with Gasteiger partial charge >= 0.3 is 5.97 Å². The van der Waals surface area contributed by atoms with Crippen molar-refractivity contribution >= 4 is 34.9 Å². The molecule has 2 aromatic rings. The summed E-state index contributed by atoms with van der Waals surface area (Å²) in [5, 5.41) is 15.3. The van der Waals surface area contributed by atoms with Crippen LogP contribution in [0.4, 0.5) is 5.95 Å². The molecule has 112 valence electrons. The second-order valence-electron chi connectivity index (χ2n) is 5.03. The highest BCUT2D eigenvalue weighted by atomic mass is 35.5. The molecule has 0 unspecified atom stereocenters. The van der Waals surface area contributed by atoms with Gasteiger partial charge in [0.2, 0.25) is 0 Å². The number of thiophene rings is 1. The largest absolute Gasteiger partial charge is 0.481 e. The molecule has 1 fully saturated rings. The smallest absolute Gasteiger partial charge is 0.303 e. The maximum Gasteiger partial charge on any atom is 0.303 e. The number of aromatic nitrogens is 2. The molecule has 3 heterocycles. The third-order valence-corrected chi connectivity index (χ3v) is 4.92. The number of hydrogen-bond acceptors (Lipinski definition) is 6. The van der Waals surface area contributed by atoms with E-state index in [9.17, 15) is 4.79 Å². The Morgan fingerprint density at radius 3 is 2.90 bits per heavy atom. The van der Waals surface area contributed by atoms with Gasteiger partial charge in [0.15, 0.2) is 0 Å². The molecule has 0 bridgehead atoms. The highest BCUT2D eigenvalue weighted by Gasteiger charge is 2.24. The second-order valence-corrected chi connectivity index (χ2v) is 6.35. The van der Waals surface area contributed by atoms with E-state index >= 15 is 0 Å². The van der Waals surface area contributed by atoms with Gasteiger partial charge in [-0.1, -0.05) is 11.6 Å². The zero-order valence-electron chi connectivity index (χ0n) is 11.2. The van der Waals surface area contributed by atoms with E-state index in [4.69, 9.17) is 21.2 Å². The third kappa shape index (κ3) is 3.19. The first-order valence-electron chi connectivity index (χ1n) is 6.67. The summed E-state index contributed by atoms with van der Waals surface area (Å²) in [7, 11) is 0. The van der Waals surface area contributed by atoms with Gasteiger partial charge in [-0.05, 0) is 35.4 Å². The lowest BCUT2D eigenvalue weighted by Crippen LogP contribution is -2.35. The van der Waals surface area contributed by atoms with Crippen molar-refractivity contribution in [3.05, 3.63) is 16.5 Å². The van der Waals surface area contributed by atoms with Crippen molar-refractivity contribution in [2.75, 3.05) is 18.0 Å². The van der Waals surface area contributed by atoms with Gasteiger partial charge in [-0.25, -0.2) is 0 Å². The zero-order valence-corrected chi connectivity index (χ0v) is 12.7. The Morgan fingerprint density at radius 2 is 2.29 bits per heavy atom. The fraction of sp³-hybridized carbons (Fsp3) is 0.462. The van der Waals surface area contributed by atoms with Crippen molar-refractivity contribution in [3.63, 3.8) is 0 Å². The molecule has 2 aromatic heterocycles. The molecular weight excluding hydrogens is 314 g/mol. The van der Waals surface area contributed by atoms with Crippen LogP contribution in [0.3, 0.4) is 0 Å². The van der Waals surface area contributed by atoms with Crippen molar-refractivity contribution < 1.29 is 14.4 Å². The fourth-order valence-corrected chi connectivity index (χ4v) is 3.52. The first-order chi connectivity index (χ1) is 10.1. The predicted octanol–water partition coefficient (Wildman–Crippen LogP) is 3.14. The van der Waals surface area contributed by atoms with Crippen molar-refractivity contribution in [2.45, 2.75) is 19.3 Å². The minimum Gasteiger partial charge on any atom is -0.481 e. The molecule has 0 aliphatic carbocycles. The van der Waals surface area contributed by atoms with Gasteiger partial charge in [-0.3, -0.25) is 4.79 Å². The van der Waals surface area contributed by atoms with E-state index in [2.05, 4.69) is 10.1 Å². The Morgan fingerprint density at radius 1 is 1.52 bits per heavy atom. The Balaban J connectivity index is 1.65. The normalized spacial score (nSPS) is 16.3. The lowest BCUT2D eigenvalue weighted by molar-refractivity contribution is -0.138. The maximum absolute atomic E-state index is 10.7. The minimum atomic E-state index is -0.734. The summed E-state index contributed by atoms with van der Waals surface area (Å²) in [5.74, 6) is 0.473. The molecule has 0 aromatic carbocycles. The number of hydrogen-bond donors (Lipinski definition) is 1. The quantitative estimate of drug-likeness (QED) is 0.929. The Labute approximate surface area is 130 Å². The maximum atomic E-state index is 10.7. The Kier molecular flexibility index (Phi) is 4.12. The van der Waals surface area contributed by atoms with Gasteiger partial charge in [0.05, 0.1) is 5.02 Å². The van der Waals surface area contributed by atoms with E-state index in [-0.39, 0.29) is 12.3 Å². The van der Waals surface area contributed by atoms with Crippen LogP contribution in [0.2, 0.25) is 5.02 Å². The van der Waals surface area contributed by atoms with Crippen LogP contribution in [0.5, 0.6) is 0 Å². The van der Waals surface area contributed by atoms with Crippen LogP contribution < -0.4 is 4.90 Å². The molecule has 3 rings (SSSR count). The van der Waals surface area contributed by atoms with E-state index in [0.717, 1.165) is 30.8 Å². The Hall–Kier alpha value is -1.60. The molecule has 1 aliphatic heterocycles. The van der Waals surface area contributed by atoms with Crippen LogP contribution in [-0.4, -0.2) is 34.3 Å². The lowest BCUT2D eigenvalue weighted by atomic mass is 9.94. The topological polar surface area (TPSA) is 79.5 Å². The van der Waals surface area contributed by atoms with Crippen molar-refractivity contribution in [2.24, 2.45) is 5.92 Å². The first-order valence-corrected chi connectivity index (χ1v) is 7.93. The van der Waals surface area contributed by atoms with E-state index in [0.29, 0.717) is 16.9 Å². The highest BCUT2D eigenvalue weighted by molar-refractivity contribution is 7.14. The second kappa shape index (κ2) is 6.03. The molecule has 1 N–H and O–H groups in total. The number of carboxylic acids is 1. The van der Waals surface area contributed by atoms with E-state index in [1.54, 1.807) is 6.07 Å². The third-order valence-electron chi connectivity index (χ3n) is 3.59. The summed E-state index contributed by atoms with van der Waals surface area (Å²) < 4.78 is 5.26. The number of carboxylic acid groups (broad SMARTS) is 1. The van der Waals surface area contributed by atoms with Crippen LogP contribution in [0.1, 0.15) is 19.3 Å². The fourth-order valence-electron chi connectivity index (χ4n) is 2.47. The standard InChI is InChI=1S/C13H14ClN3O3S/c14-9-3-6-21-11(9)12-15-13(16-20-12)17-4-1-8(2-5-17)7-10(18)19/h3,6,8H,1-2,4-5,7H2,(H,18,19). The monoisotopic (exact) mass is 327 g/mol. The summed E-state index contributed by atoms with van der Waals surface area (Å²) >= 11 is 7.51. The van der Waals surface area contributed by atoms with Crippen molar-refractivity contribution in [1.29, 1.82) is 0 Å². The van der Waals surface area contributed by atoms with Gasteiger partial charge < -0.3 is 14.5 Å². The highest BCUT2D eigenvalue weighted by Crippen LogP contribution is 2.33. The average molecular weight is 328 g/mol. The molecule has 0 spiro atoms. The predicted molar refractivity (Wildman–Crippen MR) is 79.8 cm³/mol. The van der Waals surface area contributed by atoms with Crippen LogP contribution >= 0.6 is 22.9 Å². The van der Waals surface area contributed by atoms with Crippen molar-refractivity contribution in [1.82, 2.24) is 10.1 Å². The van der Waals surface area contributed by atoms with E-state index in [1.165, 1.54) is 11.3 Å².